The lowest BCUT2D eigenvalue weighted by molar-refractivity contribution is 0.481. The van der Waals surface area contributed by atoms with Crippen LogP contribution in [0, 0.1) is 5.92 Å². The fourth-order valence-corrected chi connectivity index (χ4v) is 2.12. The lowest BCUT2D eigenvalue weighted by Gasteiger charge is -2.20. The van der Waals surface area contributed by atoms with Gasteiger partial charge in [0.1, 0.15) is 0 Å². The molecule has 0 amide bonds. The molecule has 24 heavy (non-hydrogen) atoms. The minimum atomic E-state index is 0. The fraction of sp³-hybridized carbons (Fsp3) is 0.444. The van der Waals surface area contributed by atoms with Gasteiger partial charge in [-0.15, -0.1) is 24.0 Å². The van der Waals surface area contributed by atoms with Crippen LogP contribution in [0.5, 0.6) is 0 Å². The Morgan fingerprint density at radius 2 is 1.83 bits per heavy atom. The third-order valence-corrected chi connectivity index (χ3v) is 4.00. The van der Waals surface area contributed by atoms with Crippen LogP contribution in [0.3, 0.4) is 0 Å². The highest BCUT2D eigenvalue weighted by Gasteiger charge is 2.08. The number of aromatic nitrogens is 2. The normalized spacial score (nSPS) is 12.6. The number of guanidine groups is 1. The van der Waals surface area contributed by atoms with E-state index >= 15 is 0 Å². The quantitative estimate of drug-likeness (QED) is 0.411. The first-order valence-corrected chi connectivity index (χ1v) is 8.09. The summed E-state index contributed by atoms with van der Waals surface area (Å²) in [5.74, 6) is 1.41. The van der Waals surface area contributed by atoms with Crippen molar-refractivity contribution in [2.45, 2.75) is 39.9 Å². The van der Waals surface area contributed by atoms with Crippen LogP contribution in [0.4, 0.5) is 0 Å². The Kier molecular flexibility index (Phi) is 8.81. The molecule has 1 atom stereocenters. The van der Waals surface area contributed by atoms with Gasteiger partial charge >= 0.3 is 0 Å². The maximum absolute atomic E-state index is 4.28. The molecule has 0 aliphatic rings. The fourth-order valence-electron chi connectivity index (χ4n) is 2.12. The lowest BCUT2D eigenvalue weighted by Crippen LogP contribution is -2.43. The number of rotatable bonds is 6. The maximum Gasteiger partial charge on any atom is 0.191 e. The van der Waals surface area contributed by atoms with Gasteiger partial charge in [0.25, 0.3) is 0 Å². The second-order valence-electron chi connectivity index (χ2n) is 6.15. The van der Waals surface area contributed by atoms with Crippen molar-refractivity contribution in [3.8, 4) is 0 Å². The third kappa shape index (κ3) is 6.51. The van der Waals surface area contributed by atoms with Gasteiger partial charge in [-0.1, -0.05) is 38.1 Å². The maximum atomic E-state index is 4.28. The number of hydrogen-bond acceptors (Lipinski definition) is 2. The molecule has 0 spiro atoms. The second-order valence-corrected chi connectivity index (χ2v) is 6.15. The van der Waals surface area contributed by atoms with Gasteiger partial charge in [0.15, 0.2) is 5.96 Å². The highest BCUT2D eigenvalue weighted by atomic mass is 127. The van der Waals surface area contributed by atoms with Crippen molar-refractivity contribution in [2.75, 3.05) is 7.05 Å². The monoisotopic (exact) mass is 441 g/mol. The molecule has 2 N–H and O–H groups in total. The summed E-state index contributed by atoms with van der Waals surface area (Å²) in [4.78, 5) is 8.34. The number of nitrogens with one attached hydrogen (secondary N) is 2. The Morgan fingerprint density at radius 3 is 2.38 bits per heavy atom. The summed E-state index contributed by atoms with van der Waals surface area (Å²) >= 11 is 0. The highest BCUT2D eigenvalue weighted by molar-refractivity contribution is 14.0. The predicted octanol–water partition coefficient (Wildman–Crippen LogP) is 3.26. The number of hydrogen-bond donors (Lipinski definition) is 2. The van der Waals surface area contributed by atoms with Gasteiger partial charge < -0.3 is 15.2 Å². The van der Waals surface area contributed by atoms with Crippen LogP contribution in [-0.4, -0.2) is 28.6 Å². The standard InChI is InChI=1S/C18H27N5.HI/c1-14(2)15(3)22-18(19-4)21-11-16-5-7-17(8-6-16)12-23-10-9-20-13-23;/h5-10,13-15H,11-12H2,1-4H3,(H2,19,21,22);1H. The molecule has 0 aliphatic carbocycles. The van der Waals surface area contributed by atoms with Crippen LogP contribution in [-0.2, 0) is 13.1 Å². The first kappa shape index (κ1) is 20.5. The largest absolute Gasteiger partial charge is 0.354 e. The minimum absolute atomic E-state index is 0. The van der Waals surface area contributed by atoms with Crippen LogP contribution < -0.4 is 10.6 Å². The van der Waals surface area contributed by atoms with E-state index < -0.39 is 0 Å². The van der Waals surface area contributed by atoms with Gasteiger partial charge in [-0.3, -0.25) is 4.99 Å². The molecule has 1 aromatic carbocycles. The Hall–Kier alpha value is -1.57. The van der Waals surface area contributed by atoms with Crippen LogP contribution in [0.15, 0.2) is 48.0 Å². The molecule has 2 aromatic rings. The van der Waals surface area contributed by atoms with Crippen molar-refractivity contribution >= 4 is 29.9 Å². The van der Waals surface area contributed by atoms with Gasteiger partial charge in [0, 0.05) is 38.6 Å². The van der Waals surface area contributed by atoms with Crippen molar-refractivity contribution in [1.82, 2.24) is 20.2 Å². The van der Waals surface area contributed by atoms with Crippen molar-refractivity contribution in [2.24, 2.45) is 10.9 Å². The summed E-state index contributed by atoms with van der Waals surface area (Å²) in [6.45, 7) is 8.18. The van der Waals surface area contributed by atoms with Crippen molar-refractivity contribution in [3.63, 3.8) is 0 Å². The average Bonchev–Trinajstić information content (AvgIpc) is 3.05. The van der Waals surface area contributed by atoms with E-state index in [2.05, 4.69) is 70.2 Å². The molecular formula is C18H28IN5. The van der Waals surface area contributed by atoms with Crippen LogP contribution in [0.1, 0.15) is 31.9 Å². The lowest BCUT2D eigenvalue weighted by atomic mass is 10.1. The average molecular weight is 441 g/mol. The zero-order chi connectivity index (χ0) is 16.7. The molecule has 132 valence electrons. The van der Waals surface area contributed by atoms with Gasteiger partial charge in [0.05, 0.1) is 6.33 Å². The zero-order valence-electron chi connectivity index (χ0n) is 14.9. The third-order valence-electron chi connectivity index (χ3n) is 4.00. The molecule has 1 aromatic heterocycles. The molecule has 0 bridgehead atoms. The van der Waals surface area contributed by atoms with E-state index in [0.717, 1.165) is 19.0 Å². The summed E-state index contributed by atoms with van der Waals surface area (Å²) in [7, 11) is 1.80. The molecule has 5 nitrogen and oxygen atoms in total. The first-order valence-electron chi connectivity index (χ1n) is 8.09. The summed E-state index contributed by atoms with van der Waals surface area (Å²) in [6.07, 6.45) is 5.61. The number of benzene rings is 1. The summed E-state index contributed by atoms with van der Waals surface area (Å²) in [5, 5.41) is 6.77. The van der Waals surface area contributed by atoms with Crippen LogP contribution in [0.25, 0.3) is 0 Å². The Labute approximate surface area is 162 Å². The molecule has 0 radical (unpaired) electrons. The summed E-state index contributed by atoms with van der Waals surface area (Å²) in [5.41, 5.74) is 2.50. The van der Waals surface area contributed by atoms with E-state index in [1.165, 1.54) is 11.1 Å². The molecule has 1 unspecified atom stereocenters. The number of halogens is 1. The topological polar surface area (TPSA) is 54.2 Å². The van der Waals surface area contributed by atoms with Crippen LogP contribution >= 0.6 is 24.0 Å². The number of nitrogens with zero attached hydrogens (tertiary/aromatic N) is 3. The van der Waals surface area contributed by atoms with E-state index in [4.69, 9.17) is 0 Å². The summed E-state index contributed by atoms with van der Waals surface area (Å²) < 4.78 is 2.06. The molecule has 1 heterocycles. The summed E-state index contributed by atoms with van der Waals surface area (Å²) in [6, 6.07) is 9.00. The van der Waals surface area contributed by atoms with E-state index in [0.29, 0.717) is 12.0 Å². The first-order chi connectivity index (χ1) is 11.1. The van der Waals surface area contributed by atoms with Gasteiger partial charge in [-0.2, -0.15) is 0 Å². The number of imidazole rings is 1. The number of aliphatic imine (C=N–C) groups is 1. The van der Waals surface area contributed by atoms with Crippen LogP contribution in [0.2, 0.25) is 0 Å². The van der Waals surface area contributed by atoms with E-state index in [1.54, 1.807) is 13.2 Å². The van der Waals surface area contributed by atoms with Gasteiger partial charge in [-0.25, -0.2) is 4.98 Å². The molecule has 0 saturated heterocycles. The highest BCUT2D eigenvalue weighted by Crippen LogP contribution is 2.06. The minimum Gasteiger partial charge on any atom is -0.354 e. The molecule has 2 rings (SSSR count). The van der Waals surface area contributed by atoms with E-state index in [9.17, 15) is 0 Å². The van der Waals surface area contributed by atoms with Crippen molar-refractivity contribution in [1.29, 1.82) is 0 Å². The van der Waals surface area contributed by atoms with Gasteiger partial charge in [-0.05, 0) is 24.0 Å². The Morgan fingerprint density at radius 1 is 1.17 bits per heavy atom. The molecule has 6 heteroatoms. The Bertz CT molecular complexity index is 605. The second kappa shape index (κ2) is 10.3. The molecule has 0 fully saturated rings. The molecule has 0 aliphatic heterocycles. The predicted molar refractivity (Wildman–Crippen MR) is 111 cm³/mol. The smallest absolute Gasteiger partial charge is 0.191 e. The Balaban J connectivity index is 0.00000288. The van der Waals surface area contributed by atoms with Crippen molar-refractivity contribution < 1.29 is 0 Å². The van der Waals surface area contributed by atoms with E-state index in [-0.39, 0.29) is 24.0 Å². The van der Waals surface area contributed by atoms with E-state index in [1.807, 2.05) is 12.5 Å². The zero-order valence-corrected chi connectivity index (χ0v) is 17.2. The molecule has 0 saturated carbocycles. The SMILES string of the molecule is CN=C(NCc1ccc(Cn2ccnc2)cc1)NC(C)C(C)C.I. The molecular weight excluding hydrogens is 413 g/mol. The van der Waals surface area contributed by atoms with Gasteiger partial charge in [0.2, 0.25) is 0 Å². The van der Waals surface area contributed by atoms with Crippen molar-refractivity contribution in [3.05, 3.63) is 54.1 Å².